The van der Waals surface area contributed by atoms with Crippen LogP contribution in [-0.4, -0.2) is 11.6 Å². The van der Waals surface area contributed by atoms with Gasteiger partial charge in [0.1, 0.15) is 11.5 Å². The Bertz CT molecular complexity index is 907. The van der Waals surface area contributed by atoms with Crippen LogP contribution in [0.1, 0.15) is 22.3 Å². The first-order chi connectivity index (χ1) is 11.6. The zero-order valence-corrected chi connectivity index (χ0v) is 13.4. The Morgan fingerprint density at radius 1 is 1.04 bits per heavy atom. The molecule has 0 amide bonds. The van der Waals surface area contributed by atoms with Gasteiger partial charge in [0.05, 0.1) is 5.92 Å². The van der Waals surface area contributed by atoms with Gasteiger partial charge in [0.25, 0.3) is 0 Å². The van der Waals surface area contributed by atoms with Gasteiger partial charge in [0.2, 0.25) is 0 Å². The van der Waals surface area contributed by atoms with Gasteiger partial charge in [0.15, 0.2) is 11.6 Å². The van der Waals surface area contributed by atoms with Gasteiger partial charge in [0, 0.05) is 22.2 Å². The summed E-state index contributed by atoms with van der Waals surface area (Å²) in [5, 5.41) is 0.559. The maximum absolute atomic E-state index is 12.7. The van der Waals surface area contributed by atoms with E-state index in [-0.39, 0.29) is 11.6 Å². The number of hydrogen-bond acceptors (Lipinski definition) is 3. The van der Waals surface area contributed by atoms with E-state index in [1.165, 1.54) is 6.08 Å². The lowest BCUT2D eigenvalue weighted by Crippen LogP contribution is -2.29. The third kappa shape index (κ3) is 2.57. The number of ketones is 2. The molecule has 0 saturated heterocycles. The largest absolute Gasteiger partial charge is 0.456 e. The molecule has 3 nitrogen and oxygen atoms in total. The Labute approximate surface area is 144 Å². The minimum absolute atomic E-state index is 0.188. The van der Waals surface area contributed by atoms with E-state index in [1.807, 2.05) is 30.3 Å². The van der Waals surface area contributed by atoms with Crippen LogP contribution in [0.5, 0.6) is 5.75 Å². The predicted molar refractivity (Wildman–Crippen MR) is 92.0 cm³/mol. The van der Waals surface area contributed by atoms with E-state index in [0.29, 0.717) is 22.8 Å². The minimum atomic E-state index is -0.713. The number of halogens is 1. The number of benzene rings is 2. The molecule has 4 rings (SSSR count). The Kier molecular flexibility index (Phi) is 3.58. The highest BCUT2D eigenvalue weighted by molar-refractivity contribution is 6.30. The van der Waals surface area contributed by atoms with Crippen LogP contribution in [0.15, 0.2) is 65.9 Å². The molecule has 2 aromatic rings. The second kappa shape index (κ2) is 5.77. The van der Waals surface area contributed by atoms with Crippen LogP contribution in [0.3, 0.4) is 0 Å². The normalized spacial score (nSPS) is 18.7. The zero-order chi connectivity index (χ0) is 16.7. The quantitative estimate of drug-likeness (QED) is 0.600. The Morgan fingerprint density at radius 2 is 1.79 bits per heavy atom. The van der Waals surface area contributed by atoms with Gasteiger partial charge in [-0.1, -0.05) is 29.8 Å². The SMILES string of the molecule is O=C1C=C2Oc3ccccc3C=C2CC1C(=O)c1ccc(Cl)cc1. The molecule has 2 aromatic carbocycles. The van der Waals surface area contributed by atoms with Gasteiger partial charge in [-0.3, -0.25) is 9.59 Å². The lowest BCUT2D eigenvalue weighted by molar-refractivity contribution is -0.117. The van der Waals surface area contributed by atoms with Crippen molar-refractivity contribution in [1.82, 2.24) is 0 Å². The number of Topliss-reactive ketones (excluding diaryl/α,β-unsaturated/α-hetero) is 1. The summed E-state index contributed by atoms with van der Waals surface area (Å²) in [6, 6.07) is 14.2. The molecule has 0 radical (unpaired) electrons. The smallest absolute Gasteiger partial charge is 0.174 e. The topological polar surface area (TPSA) is 43.4 Å². The van der Waals surface area contributed by atoms with Crippen LogP contribution in [0.4, 0.5) is 0 Å². The monoisotopic (exact) mass is 336 g/mol. The molecule has 0 bridgehead atoms. The molecular weight excluding hydrogens is 324 g/mol. The lowest BCUT2D eigenvalue weighted by Gasteiger charge is -2.26. The summed E-state index contributed by atoms with van der Waals surface area (Å²) in [6.07, 6.45) is 3.77. The summed E-state index contributed by atoms with van der Waals surface area (Å²) in [4.78, 5) is 25.1. The van der Waals surface area contributed by atoms with Crippen molar-refractivity contribution in [3.8, 4) is 5.75 Å². The summed E-state index contributed by atoms with van der Waals surface area (Å²) in [7, 11) is 0. The van der Waals surface area contributed by atoms with Crippen molar-refractivity contribution in [3.05, 3.63) is 82.1 Å². The van der Waals surface area contributed by atoms with Crippen LogP contribution in [0.25, 0.3) is 6.08 Å². The molecule has 0 spiro atoms. The van der Waals surface area contributed by atoms with Crippen molar-refractivity contribution in [1.29, 1.82) is 0 Å². The zero-order valence-electron chi connectivity index (χ0n) is 12.7. The van der Waals surface area contributed by atoms with E-state index in [2.05, 4.69) is 0 Å². The fraction of sp³-hybridized carbons (Fsp3) is 0.100. The van der Waals surface area contributed by atoms with E-state index in [0.717, 1.165) is 16.9 Å². The first-order valence-corrected chi connectivity index (χ1v) is 8.03. The Morgan fingerprint density at radius 3 is 2.58 bits per heavy atom. The molecule has 0 saturated carbocycles. The van der Waals surface area contributed by atoms with Crippen molar-refractivity contribution in [3.63, 3.8) is 0 Å². The number of hydrogen-bond donors (Lipinski definition) is 0. The van der Waals surface area contributed by atoms with Crippen LogP contribution in [0.2, 0.25) is 5.02 Å². The number of carbonyl (C=O) groups excluding carboxylic acids is 2. The fourth-order valence-electron chi connectivity index (χ4n) is 3.00. The molecule has 24 heavy (non-hydrogen) atoms. The second-order valence-electron chi connectivity index (χ2n) is 5.85. The average Bonchev–Trinajstić information content (AvgIpc) is 2.59. The molecule has 118 valence electrons. The highest BCUT2D eigenvalue weighted by atomic mass is 35.5. The van der Waals surface area contributed by atoms with E-state index in [1.54, 1.807) is 24.3 Å². The average molecular weight is 337 g/mol. The molecule has 0 N–H and O–H groups in total. The molecule has 1 heterocycles. The van der Waals surface area contributed by atoms with Crippen LogP contribution in [0, 0.1) is 5.92 Å². The first-order valence-electron chi connectivity index (χ1n) is 7.65. The summed E-state index contributed by atoms with van der Waals surface area (Å²) >= 11 is 5.86. The molecule has 1 aliphatic carbocycles. The number of para-hydroxylation sites is 1. The van der Waals surface area contributed by atoms with Crippen LogP contribution in [-0.2, 0) is 4.79 Å². The lowest BCUT2D eigenvalue weighted by atomic mass is 9.82. The van der Waals surface area contributed by atoms with E-state index >= 15 is 0 Å². The molecular formula is C20H13ClO3. The van der Waals surface area contributed by atoms with Crippen molar-refractivity contribution < 1.29 is 14.3 Å². The predicted octanol–water partition coefficient (Wildman–Crippen LogP) is 4.47. The van der Waals surface area contributed by atoms with E-state index in [9.17, 15) is 9.59 Å². The molecule has 4 heteroatoms. The molecule has 1 unspecified atom stereocenters. The molecule has 0 fully saturated rings. The Balaban J connectivity index is 1.67. The van der Waals surface area contributed by atoms with E-state index < -0.39 is 5.92 Å². The third-order valence-corrected chi connectivity index (χ3v) is 4.52. The number of rotatable bonds is 2. The van der Waals surface area contributed by atoms with Gasteiger partial charge in [-0.25, -0.2) is 0 Å². The van der Waals surface area contributed by atoms with Gasteiger partial charge in [-0.05, 0) is 48.4 Å². The maximum atomic E-state index is 12.7. The summed E-state index contributed by atoms with van der Waals surface area (Å²) in [5.41, 5.74) is 2.32. The van der Waals surface area contributed by atoms with Crippen molar-refractivity contribution in [2.75, 3.05) is 0 Å². The molecule has 1 atom stereocenters. The van der Waals surface area contributed by atoms with Crippen LogP contribution < -0.4 is 4.74 Å². The maximum Gasteiger partial charge on any atom is 0.174 e. The minimum Gasteiger partial charge on any atom is -0.456 e. The van der Waals surface area contributed by atoms with Gasteiger partial charge in [-0.15, -0.1) is 0 Å². The summed E-state index contributed by atoms with van der Waals surface area (Å²) in [5.74, 6) is 0.143. The summed E-state index contributed by atoms with van der Waals surface area (Å²) < 4.78 is 5.80. The van der Waals surface area contributed by atoms with Gasteiger partial charge < -0.3 is 4.74 Å². The fourth-order valence-corrected chi connectivity index (χ4v) is 3.13. The summed E-state index contributed by atoms with van der Waals surface area (Å²) in [6.45, 7) is 0. The number of carbonyl (C=O) groups is 2. The van der Waals surface area contributed by atoms with Crippen molar-refractivity contribution in [2.24, 2.45) is 5.92 Å². The van der Waals surface area contributed by atoms with Crippen molar-refractivity contribution in [2.45, 2.75) is 6.42 Å². The molecule has 2 aliphatic rings. The standard InChI is InChI=1S/C20H13ClO3/c21-15-7-5-12(6-8-15)20(23)16-10-14-9-13-3-1-2-4-18(13)24-19(14)11-17(16)22/h1-9,11,16H,10H2. The highest BCUT2D eigenvalue weighted by Gasteiger charge is 2.34. The van der Waals surface area contributed by atoms with E-state index in [4.69, 9.17) is 16.3 Å². The van der Waals surface area contributed by atoms with Gasteiger partial charge in [-0.2, -0.15) is 0 Å². The number of allylic oxidation sites excluding steroid dienone is 2. The number of fused-ring (bicyclic) bond motifs is 2. The number of ether oxygens (including phenoxy) is 1. The highest BCUT2D eigenvalue weighted by Crippen LogP contribution is 2.37. The molecule has 1 aliphatic heterocycles. The second-order valence-corrected chi connectivity index (χ2v) is 6.28. The molecule has 0 aromatic heterocycles. The van der Waals surface area contributed by atoms with Crippen LogP contribution >= 0.6 is 11.6 Å². The van der Waals surface area contributed by atoms with Crippen molar-refractivity contribution >= 4 is 29.2 Å². The van der Waals surface area contributed by atoms with Gasteiger partial charge >= 0.3 is 0 Å². The Hall–Kier alpha value is -2.65. The first kappa shape index (κ1) is 14.9. The third-order valence-electron chi connectivity index (χ3n) is 4.27.